The molecule has 0 bridgehead atoms. The Morgan fingerprint density at radius 2 is 2.04 bits per heavy atom. The van der Waals surface area contributed by atoms with Gasteiger partial charge >= 0.3 is 0 Å². The molecule has 6 nitrogen and oxygen atoms in total. The van der Waals surface area contributed by atoms with Crippen LogP contribution in [0.4, 0.5) is 24.5 Å². The number of anilines is 2. The Hall–Kier alpha value is -1.52. The van der Waals surface area contributed by atoms with Gasteiger partial charge in [-0.25, -0.2) is 21.6 Å². The van der Waals surface area contributed by atoms with Crippen LogP contribution in [0.1, 0.15) is 6.42 Å². The van der Waals surface area contributed by atoms with Crippen molar-refractivity contribution in [3.05, 3.63) is 24.0 Å². The number of hydrogen-bond donors (Lipinski definition) is 3. The fraction of sp³-hybridized carbons (Fsp3) is 0.417. The van der Waals surface area contributed by atoms with Gasteiger partial charge in [-0.15, -0.1) is 12.4 Å². The molecule has 0 spiro atoms. The molecule has 1 aromatic rings. The van der Waals surface area contributed by atoms with E-state index in [1.165, 1.54) is 6.07 Å². The van der Waals surface area contributed by atoms with Crippen molar-refractivity contribution in [1.82, 2.24) is 5.32 Å². The fourth-order valence-electron chi connectivity index (χ4n) is 2.01. The maximum absolute atomic E-state index is 13.5. The summed E-state index contributed by atoms with van der Waals surface area (Å²) in [5.74, 6) is -4.48. The van der Waals surface area contributed by atoms with Gasteiger partial charge in [-0.1, -0.05) is 0 Å². The zero-order chi connectivity index (χ0) is 16.5. The molecule has 2 rings (SSSR count). The van der Waals surface area contributed by atoms with Gasteiger partial charge in [0.1, 0.15) is 5.82 Å². The quantitative estimate of drug-likeness (QED) is 0.747. The van der Waals surface area contributed by atoms with E-state index < -0.39 is 46.7 Å². The Morgan fingerprint density at radius 1 is 1.39 bits per heavy atom. The number of nitrogens with one attached hydrogen (secondary N) is 3. The molecule has 11 heteroatoms. The van der Waals surface area contributed by atoms with Crippen LogP contribution in [0.15, 0.2) is 18.2 Å². The van der Waals surface area contributed by atoms with Gasteiger partial charge in [0, 0.05) is 12.1 Å². The normalized spacial score (nSPS) is 19.7. The molecule has 23 heavy (non-hydrogen) atoms. The SMILES string of the molecule is CS(=O)(=O)Nc1cc(NC(=O)C2CC(F)(F)CN2)ccc1F.Cl. The highest BCUT2D eigenvalue weighted by molar-refractivity contribution is 7.92. The first-order valence-electron chi connectivity index (χ1n) is 6.25. The average Bonchev–Trinajstić information content (AvgIpc) is 2.72. The highest BCUT2D eigenvalue weighted by Gasteiger charge is 2.42. The first-order chi connectivity index (χ1) is 10.1. The van der Waals surface area contributed by atoms with Crippen molar-refractivity contribution in [3.8, 4) is 0 Å². The second-order valence-corrected chi connectivity index (χ2v) is 6.80. The second-order valence-electron chi connectivity index (χ2n) is 5.05. The van der Waals surface area contributed by atoms with Crippen LogP contribution in [0, 0.1) is 5.82 Å². The highest BCUT2D eigenvalue weighted by atomic mass is 35.5. The summed E-state index contributed by atoms with van der Waals surface area (Å²) in [4.78, 5) is 11.8. The summed E-state index contributed by atoms with van der Waals surface area (Å²) in [7, 11) is -3.69. The maximum Gasteiger partial charge on any atom is 0.262 e. The molecular formula is C12H15ClF3N3O3S. The molecule has 1 aliphatic heterocycles. The number of alkyl halides is 2. The van der Waals surface area contributed by atoms with Crippen LogP contribution < -0.4 is 15.4 Å². The Bertz CT molecular complexity index is 700. The lowest BCUT2D eigenvalue weighted by Gasteiger charge is -2.13. The minimum atomic E-state index is -3.69. The molecule has 1 amide bonds. The summed E-state index contributed by atoms with van der Waals surface area (Å²) in [5, 5.41) is 4.72. The van der Waals surface area contributed by atoms with E-state index in [0.717, 1.165) is 18.4 Å². The summed E-state index contributed by atoms with van der Waals surface area (Å²) >= 11 is 0. The Morgan fingerprint density at radius 3 is 2.57 bits per heavy atom. The highest BCUT2D eigenvalue weighted by Crippen LogP contribution is 2.26. The third-order valence-electron chi connectivity index (χ3n) is 2.96. The molecule has 1 aromatic carbocycles. The molecule has 0 radical (unpaired) electrons. The van der Waals surface area contributed by atoms with Gasteiger partial charge in [0.2, 0.25) is 15.9 Å². The first-order valence-corrected chi connectivity index (χ1v) is 8.14. The van der Waals surface area contributed by atoms with E-state index in [1.807, 2.05) is 4.72 Å². The second kappa shape index (κ2) is 6.93. The topological polar surface area (TPSA) is 87.3 Å². The maximum atomic E-state index is 13.5. The van der Waals surface area contributed by atoms with Crippen LogP contribution in [0.2, 0.25) is 0 Å². The van der Waals surface area contributed by atoms with Crippen molar-refractivity contribution in [1.29, 1.82) is 0 Å². The van der Waals surface area contributed by atoms with Crippen LogP contribution in [-0.2, 0) is 14.8 Å². The summed E-state index contributed by atoms with van der Waals surface area (Å²) in [6.07, 6.45) is 0.219. The largest absolute Gasteiger partial charge is 0.325 e. The Labute approximate surface area is 137 Å². The monoisotopic (exact) mass is 373 g/mol. The predicted molar refractivity (Wildman–Crippen MR) is 82.1 cm³/mol. The van der Waals surface area contributed by atoms with Crippen molar-refractivity contribution in [2.75, 3.05) is 22.8 Å². The van der Waals surface area contributed by atoms with Crippen molar-refractivity contribution in [3.63, 3.8) is 0 Å². The van der Waals surface area contributed by atoms with Gasteiger partial charge in [0.05, 0.1) is 24.5 Å². The van der Waals surface area contributed by atoms with E-state index >= 15 is 0 Å². The minimum Gasteiger partial charge on any atom is -0.325 e. The molecule has 1 heterocycles. The van der Waals surface area contributed by atoms with Crippen molar-refractivity contribution < 1.29 is 26.4 Å². The lowest BCUT2D eigenvalue weighted by Crippen LogP contribution is -2.35. The number of amides is 1. The Kier molecular flexibility index (Phi) is 5.89. The van der Waals surface area contributed by atoms with Gasteiger partial charge in [-0.3, -0.25) is 14.8 Å². The summed E-state index contributed by atoms with van der Waals surface area (Å²) in [5.41, 5.74) is -0.250. The summed E-state index contributed by atoms with van der Waals surface area (Å²) in [6, 6.07) is 2.17. The standard InChI is InChI=1S/C12H14F3N3O3S.ClH/c1-22(20,21)18-9-4-7(2-3-8(9)13)17-11(19)10-5-12(14,15)6-16-10;/h2-4,10,16,18H,5-6H2,1H3,(H,17,19);1H. The Balaban J connectivity index is 0.00000264. The third-order valence-corrected chi connectivity index (χ3v) is 3.55. The molecule has 0 aliphatic carbocycles. The third kappa shape index (κ3) is 5.56. The van der Waals surface area contributed by atoms with Gasteiger partial charge in [0.25, 0.3) is 5.92 Å². The van der Waals surface area contributed by atoms with Crippen LogP contribution in [-0.4, -0.2) is 39.1 Å². The molecule has 3 N–H and O–H groups in total. The van der Waals surface area contributed by atoms with Crippen LogP contribution in [0.3, 0.4) is 0 Å². The molecule has 0 saturated carbocycles. The molecule has 1 aliphatic rings. The fourth-order valence-corrected chi connectivity index (χ4v) is 2.57. The van der Waals surface area contributed by atoms with Crippen molar-refractivity contribution in [2.24, 2.45) is 0 Å². The van der Waals surface area contributed by atoms with Gasteiger partial charge in [0.15, 0.2) is 0 Å². The van der Waals surface area contributed by atoms with Crippen LogP contribution >= 0.6 is 12.4 Å². The summed E-state index contributed by atoms with van der Waals surface area (Å²) in [6.45, 7) is -0.588. The van der Waals surface area contributed by atoms with Crippen molar-refractivity contribution >= 4 is 39.7 Å². The van der Waals surface area contributed by atoms with E-state index in [9.17, 15) is 26.4 Å². The van der Waals surface area contributed by atoms with Crippen molar-refractivity contribution in [2.45, 2.75) is 18.4 Å². The molecule has 1 saturated heterocycles. The van der Waals surface area contributed by atoms with E-state index in [2.05, 4.69) is 10.6 Å². The van der Waals surface area contributed by atoms with E-state index in [-0.39, 0.29) is 23.8 Å². The number of carbonyl (C=O) groups is 1. The molecule has 1 atom stereocenters. The number of sulfonamides is 1. The number of benzene rings is 1. The zero-order valence-corrected chi connectivity index (χ0v) is 13.5. The number of halogens is 4. The van der Waals surface area contributed by atoms with Gasteiger partial charge in [-0.05, 0) is 18.2 Å². The predicted octanol–water partition coefficient (Wildman–Crippen LogP) is 1.55. The molecule has 130 valence electrons. The summed E-state index contributed by atoms with van der Waals surface area (Å²) < 4.78 is 63.7. The molecular weight excluding hydrogens is 359 g/mol. The lowest BCUT2D eigenvalue weighted by molar-refractivity contribution is -0.118. The van der Waals surface area contributed by atoms with Crippen LogP contribution in [0.25, 0.3) is 0 Å². The number of rotatable bonds is 4. The van der Waals surface area contributed by atoms with E-state index in [1.54, 1.807) is 0 Å². The van der Waals surface area contributed by atoms with Crippen LogP contribution in [0.5, 0.6) is 0 Å². The number of carbonyl (C=O) groups excluding carboxylic acids is 1. The van der Waals surface area contributed by atoms with Gasteiger partial charge < -0.3 is 5.32 Å². The first kappa shape index (κ1) is 19.5. The minimum absolute atomic E-state index is 0. The van der Waals surface area contributed by atoms with E-state index in [0.29, 0.717) is 0 Å². The average molecular weight is 374 g/mol. The zero-order valence-electron chi connectivity index (χ0n) is 11.9. The molecule has 1 fully saturated rings. The molecule has 1 unspecified atom stereocenters. The lowest BCUT2D eigenvalue weighted by atomic mass is 10.1. The van der Waals surface area contributed by atoms with Gasteiger partial charge in [-0.2, -0.15) is 0 Å². The van der Waals surface area contributed by atoms with E-state index in [4.69, 9.17) is 0 Å². The smallest absolute Gasteiger partial charge is 0.262 e. The molecule has 0 aromatic heterocycles. The number of hydrogen-bond acceptors (Lipinski definition) is 4.